The van der Waals surface area contributed by atoms with Crippen molar-refractivity contribution in [1.29, 1.82) is 5.41 Å². The summed E-state index contributed by atoms with van der Waals surface area (Å²) >= 11 is 0. The van der Waals surface area contributed by atoms with Crippen molar-refractivity contribution in [3.05, 3.63) is 0 Å². The smallest absolute Gasteiger partial charge is 0.183 e. The maximum Gasteiger partial charge on any atom is 0.183 e. The van der Waals surface area contributed by atoms with Crippen molar-refractivity contribution in [3.63, 3.8) is 0 Å². The number of halogens is 1. The molecule has 0 fully saturated rings. The van der Waals surface area contributed by atoms with E-state index >= 15 is 0 Å². The first-order valence-electron chi connectivity index (χ1n) is 6.51. The molecule has 11 nitrogen and oxygen atoms in total. The second-order valence-electron chi connectivity index (χ2n) is 6.42. The topological polar surface area (TPSA) is 200 Å². The van der Waals surface area contributed by atoms with E-state index in [0.29, 0.717) is 0 Å². The summed E-state index contributed by atoms with van der Waals surface area (Å²) < 4.78 is 28.2. The van der Waals surface area contributed by atoms with Crippen LogP contribution in [0.4, 0.5) is 0 Å². The van der Waals surface area contributed by atoms with E-state index in [9.17, 15) is 0 Å². The van der Waals surface area contributed by atoms with E-state index in [2.05, 4.69) is 58.9 Å². The third-order valence-corrected chi connectivity index (χ3v) is 1.54. The largest absolute Gasteiger partial charge is 1.00 e. The van der Waals surface area contributed by atoms with Crippen LogP contribution in [0.5, 0.6) is 0 Å². The number of hydrogen-bond donors (Lipinski definition) is 6. The second-order valence-corrected chi connectivity index (χ2v) is 7.41. The molecule has 0 aliphatic carbocycles. The Morgan fingerprint density at radius 1 is 0.958 bits per heavy atom. The molecule has 0 radical (unpaired) electrons. The third-order valence-electron chi connectivity index (χ3n) is 1.54. The van der Waals surface area contributed by atoms with Crippen molar-refractivity contribution in [2.45, 2.75) is 0 Å². The number of hydrogen-bond acceptors (Lipinski definition) is 6. The van der Waals surface area contributed by atoms with E-state index in [0.717, 1.165) is 22.1 Å². The van der Waals surface area contributed by atoms with Crippen molar-refractivity contribution in [3.8, 4) is 0 Å². The fourth-order valence-electron chi connectivity index (χ4n) is 0.600. The minimum absolute atomic E-state index is 0. The minimum atomic E-state index is -4.42. The Morgan fingerprint density at radius 2 is 1.08 bits per heavy atom. The van der Waals surface area contributed by atoms with Gasteiger partial charge < -0.3 is 47.6 Å². The number of quaternary nitrogens is 2. The van der Waals surface area contributed by atoms with Gasteiger partial charge in [-0.15, -0.1) is 0 Å². The van der Waals surface area contributed by atoms with Crippen LogP contribution in [0, 0.1) is 5.41 Å². The average molecular weight is 399 g/mol. The molecule has 0 aliphatic rings. The summed E-state index contributed by atoms with van der Waals surface area (Å²) in [6.07, 6.45) is 0. The van der Waals surface area contributed by atoms with Gasteiger partial charge in [-0.25, -0.2) is 13.6 Å². The highest BCUT2D eigenvalue weighted by molar-refractivity contribution is 7.83. The van der Waals surface area contributed by atoms with Crippen LogP contribution in [0.2, 0.25) is 0 Å². The molecule has 0 amide bonds. The van der Waals surface area contributed by atoms with Crippen molar-refractivity contribution < 1.29 is 44.6 Å². The molecule has 0 aromatic carbocycles. The molecule has 0 saturated heterocycles. The molecule has 0 saturated carbocycles. The maximum absolute atomic E-state index is 8.85. The zero-order valence-corrected chi connectivity index (χ0v) is 16.9. The predicted octanol–water partition coefficient (Wildman–Crippen LogP) is -6.38. The molecule has 0 rings (SSSR count). The van der Waals surface area contributed by atoms with Crippen LogP contribution in [0.1, 0.15) is 0 Å². The van der Waals surface area contributed by atoms with Crippen LogP contribution < -0.4 is 29.0 Å². The first-order chi connectivity index (χ1) is 9.85. The number of nitrogens with one attached hydrogen (secondary N) is 1. The summed E-state index contributed by atoms with van der Waals surface area (Å²) in [4.78, 5) is 0. The summed E-state index contributed by atoms with van der Waals surface area (Å²) in [6, 6.07) is 0. The van der Waals surface area contributed by atoms with Gasteiger partial charge in [0.05, 0.1) is 55.5 Å². The van der Waals surface area contributed by atoms with Crippen molar-refractivity contribution >= 4 is 16.3 Å². The van der Waals surface area contributed by atoms with Gasteiger partial charge in [0.15, 0.2) is 16.3 Å². The second kappa shape index (κ2) is 17.1. The number of rotatable bonds is 4. The van der Waals surface area contributed by atoms with Crippen LogP contribution in [-0.4, -0.2) is 107 Å². The lowest BCUT2D eigenvalue weighted by Crippen LogP contribution is -3.00. The quantitative estimate of drug-likeness (QED) is 0.117. The van der Waals surface area contributed by atoms with Gasteiger partial charge in [-0.2, -0.15) is 0 Å². The highest BCUT2D eigenvalue weighted by atomic mass is 35.5. The van der Waals surface area contributed by atoms with Gasteiger partial charge >= 0.3 is 0 Å². The maximum atomic E-state index is 8.85. The van der Waals surface area contributed by atoms with E-state index < -0.39 is 10.3 Å². The van der Waals surface area contributed by atoms with Crippen LogP contribution in [-0.2, 0) is 10.3 Å². The number of aliphatic hydroxyl groups is 2. The van der Waals surface area contributed by atoms with Gasteiger partial charge in [0.1, 0.15) is 13.1 Å². The molecule has 0 unspecified atom stereocenters. The lowest BCUT2D eigenvalue weighted by Gasteiger charge is -2.21. The highest BCUT2D eigenvalue weighted by Crippen LogP contribution is 1.85. The fourth-order valence-corrected chi connectivity index (χ4v) is 0.600. The average Bonchev–Trinajstić information content (AvgIpc) is 2.09. The Balaban J connectivity index is -0.0000000675. The van der Waals surface area contributed by atoms with Gasteiger partial charge in [-0.1, -0.05) is 0 Å². The number of aliphatic hydroxyl groups excluding tert-OH is 2. The highest BCUT2D eigenvalue weighted by Gasteiger charge is 2.02. The molecule has 9 N–H and O–H groups in total. The molecule has 0 bridgehead atoms. The molecule has 0 aromatic heterocycles. The summed E-state index contributed by atoms with van der Waals surface area (Å²) in [6.45, 7) is 2.23. The van der Waals surface area contributed by atoms with Crippen molar-refractivity contribution in [1.82, 2.24) is 0 Å². The van der Waals surface area contributed by atoms with Gasteiger partial charge in [-0.05, 0) is 0 Å². The number of nitrogens with two attached hydrogens (primary N) is 3. The zero-order valence-electron chi connectivity index (χ0n) is 15.4. The molecule has 24 heavy (non-hydrogen) atoms. The summed E-state index contributed by atoms with van der Waals surface area (Å²) in [7, 11) is 7.89. The first kappa shape index (κ1) is 34.6. The fraction of sp³-hybridized carbons (Fsp3) is 0.909. The Bertz CT molecular complexity index is 353. The van der Waals surface area contributed by atoms with Gasteiger partial charge in [0.2, 0.25) is 0 Å². The Kier molecular flexibility index (Phi) is 24.6. The predicted molar refractivity (Wildman–Crippen MR) is 90.0 cm³/mol. The van der Waals surface area contributed by atoms with Gasteiger partial charge in [0.25, 0.3) is 0 Å². The monoisotopic (exact) mass is 398 g/mol. The number of likely N-dealkylation sites (N-methyl/N-ethyl adjacent to an activating group) is 2. The Hall–Kier alpha value is -0.730. The van der Waals surface area contributed by atoms with Gasteiger partial charge in [-0.3, -0.25) is 5.41 Å². The normalized spacial score (nSPS) is 10.4. The number of nitrogens with zero attached hydrogens (tertiary/aromatic N) is 2. The third kappa shape index (κ3) is 165. The number of guanidine groups is 1. The molecule has 0 heterocycles. The van der Waals surface area contributed by atoms with Gasteiger partial charge in [0, 0.05) is 0 Å². The molecular formula is C11H35ClN6O5S. The molecule has 13 heteroatoms. The van der Waals surface area contributed by atoms with E-state index in [-0.39, 0.29) is 31.6 Å². The Labute approximate surface area is 152 Å². The molecule has 0 aromatic rings. The SMILES string of the molecule is C[N+](C)(C)CCO.C[N+](C)(C)CCO.N=C(N)N.NS(=O)(=O)[O-].[Cl-]. The molecule has 152 valence electrons. The summed E-state index contributed by atoms with van der Waals surface area (Å²) in [5.74, 6) is -0.333. The van der Waals surface area contributed by atoms with E-state index in [1.807, 2.05) is 0 Å². The summed E-state index contributed by atoms with van der Waals surface area (Å²) in [5, 5.41) is 26.6. The van der Waals surface area contributed by atoms with E-state index in [4.69, 9.17) is 28.6 Å². The van der Waals surface area contributed by atoms with Crippen molar-refractivity contribution in [2.24, 2.45) is 16.6 Å². The molecular weight excluding hydrogens is 364 g/mol. The first-order valence-corrected chi connectivity index (χ1v) is 7.98. The lowest BCUT2D eigenvalue weighted by atomic mass is 10.5. The van der Waals surface area contributed by atoms with Crippen LogP contribution in [0.3, 0.4) is 0 Å². The zero-order chi connectivity index (χ0) is 19.9. The lowest BCUT2D eigenvalue weighted by molar-refractivity contribution is -0.870. The minimum Gasteiger partial charge on any atom is -1.00 e. The van der Waals surface area contributed by atoms with E-state index in [1.54, 1.807) is 0 Å². The van der Waals surface area contributed by atoms with E-state index in [1.165, 1.54) is 0 Å². The van der Waals surface area contributed by atoms with Crippen LogP contribution >= 0.6 is 0 Å². The van der Waals surface area contributed by atoms with Crippen molar-refractivity contribution in [2.75, 3.05) is 68.6 Å². The Morgan fingerprint density at radius 3 is 1.08 bits per heavy atom. The summed E-state index contributed by atoms with van der Waals surface area (Å²) in [5.41, 5.74) is 8.94. The molecule has 0 aliphatic heterocycles. The standard InChI is InChI=1S/2C5H14NO.CH5N3.ClH.H3NO3S/c2*1-6(2,3)4-5-7;2-1(3)4;;1-5(2,3)4/h2*7H,4-5H2,1-3H3;(H5,2,3,4);1H;(H3,1,2,3,4)/q2*+1;;;/p-2. The molecule has 0 spiro atoms. The molecule has 0 atom stereocenters. The van der Waals surface area contributed by atoms with Crippen LogP contribution in [0.15, 0.2) is 0 Å². The van der Waals surface area contributed by atoms with Crippen LogP contribution in [0.25, 0.3) is 0 Å².